The molecule has 1 aliphatic heterocycles. The van der Waals surface area contributed by atoms with Crippen LogP contribution >= 0.6 is 28.1 Å². The van der Waals surface area contributed by atoms with Crippen LogP contribution in [0.15, 0.2) is 16.9 Å². The van der Waals surface area contributed by atoms with Crippen LogP contribution in [0.4, 0.5) is 4.79 Å². The molecule has 1 aliphatic rings. The first-order valence-electron chi connectivity index (χ1n) is 6.73. The van der Waals surface area contributed by atoms with Crippen molar-refractivity contribution in [2.24, 2.45) is 0 Å². The molecule has 1 saturated heterocycles. The zero-order valence-electron chi connectivity index (χ0n) is 12.2. The number of halogens is 1. The van der Waals surface area contributed by atoms with Crippen LogP contribution < -0.4 is 0 Å². The highest BCUT2D eigenvalue weighted by atomic mass is 79.9. The molecule has 1 aromatic heterocycles. The number of carbonyl (C=O) groups excluding carboxylic acids is 1. The molecule has 2 rings (SSSR count). The summed E-state index contributed by atoms with van der Waals surface area (Å²) in [4.78, 5) is 16.9. The Morgan fingerprint density at radius 3 is 2.81 bits per heavy atom. The number of hydrogen-bond donors (Lipinski definition) is 2. The van der Waals surface area contributed by atoms with E-state index >= 15 is 0 Å². The fourth-order valence-electron chi connectivity index (χ4n) is 2.35. The molecule has 116 valence electrons. The lowest BCUT2D eigenvalue weighted by molar-refractivity contribution is 0.0206. The number of aromatic amines is 1. The third kappa shape index (κ3) is 3.84. The summed E-state index contributed by atoms with van der Waals surface area (Å²) in [6.07, 6.45) is 2.96. The average molecular weight is 375 g/mol. The van der Waals surface area contributed by atoms with E-state index in [-0.39, 0.29) is 12.6 Å². The number of nitrogens with one attached hydrogen (secondary N) is 1. The van der Waals surface area contributed by atoms with E-state index < -0.39 is 17.8 Å². The quantitative estimate of drug-likeness (QED) is 0.737. The van der Waals surface area contributed by atoms with Crippen LogP contribution in [-0.2, 0) is 4.74 Å². The van der Waals surface area contributed by atoms with Gasteiger partial charge in [0.15, 0.2) is 0 Å². The second kappa shape index (κ2) is 6.06. The number of β-amino-alcohol motifs (C(OH)–C–C–N with tert-alkyl or cyclic N) is 1. The Bertz CT molecular complexity index is 597. The van der Waals surface area contributed by atoms with Crippen LogP contribution in [0.1, 0.15) is 38.8 Å². The van der Waals surface area contributed by atoms with Gasteiger partial charge in [0, 0.05) is 18.0 Å². The largest absolute Gasteiger partial charge is 0.444 e. The second-order valence-corrected chi connectivity index (χ2v) is 7.39. The normalized spacial score (nSPS) is 22.4. The number of ether oxygens (including phenoxy) is 1. The van der Waals surface area contributed by atoms with Crippen molar-refractivity contribution in [3.8, 4) is 0 Å². The molecule has 2 atom stereocenters. The van der Waals surface area contributed by atoms with Gasteiger partial charge >= 0.3 is 6.09 Å². The fraction of sp³-hybridized carbons (Fsp3) is 0.571. The summed E-state index contributed by atoms with van der Waals surface area (Å²) in [5.41, 5.74) is 0.233. The van der Waals surface area contributed by atoms with Crippen LogP contribution in [0.25, 0.3) is 0 Å². The molecule has 0 saturated carbocycles. The molecule has 0 aromatic carbocycles. The molecule has 0 unspecified atom stereocenters. The van der Waals surface area contributed by atoms with Gasteiger partial charge in [0.05, 0.1) is 27.7 Å². The molecular weight excluding hydrogens is 356 g/mol. The maximum atomic E-state index is 12.3. The van der Waals surface area contributed by atoms with E-state index in [1.54, 1.807) is 17.3 Å². The van der Waals surface area contributed by atoms with Gasteiger partial charge in [0.25, 0.3) is 0 Å². The molecule has 2 heterocycles. The van der Waals surface area contributed by atoms with Crippen molar-refractivity contribution in [3.63, 3.8) is 0 Å². The lowest BCUT2D eigenvalue weighted by Crippen LogP contribution is -2.37. The monoisotopic (exact) mass is 374 g/mol. The second-order valence-electron chi connectivity index (χ2n) is 6.13. The van der Waals surface area contributed by atoms with Gasteiger partial charge < -0.3 is 14.8 Å². The highest BCUT2D eigenvalue weighted by Gasteiger charge is 2.38. The Hall–Kier alpha value is -0.920. The van der Waals surface area contributed by atoms with E-state index in [2.05, 4.69) is 20.9 Å². The van der Waals surface area contributed by atoms with Crippen LogP contribution in [0.5, 0.6) is 0 Å². The van der Waals surface area contributed by atoms with E-state index in [0.29, 0.717) is 10.9 Å². The zero-order chi connectivity index (χ0) is 15.8. The first-order chi connectivity index (χ1) is 9.69. The molecule has 0 radical (unpaired) electrons. The number of rotatable bonds is 1. The Kier molecular flexibility index (Phi) is 4.75. The number of pyridine rings is 1. The summed E-state index contributed by atoms with van der Waals surface area (Å²) in [5, 5.41) is 9.93. The highest BCUT2D eigenvalue weighted by molar-refractivity contribution is 9.10. The molecule has 1 fully saturated rings. The molecule has 2 N–H and O–H groups in total. The first kappa shape index (κ1) is 16.5. The van der Waals surface area contributed by atoms with Crippen molar-refractivity contribution >= 4 is 34.2 Å². The first-order valence-corrected chi connectivity index (χ1v) is 7.93. The summed E-state index contributed by atoms with van der Waals surface area (Å²) in [6, 6.07) is -0.281. The number of hydrogen-bond acceptors (Lipinski definition) is 4. The fourth-order valence-corrected chi connectivity index (χ4v) is 2.97. The Balaban J connectivity index is 2.31. The molecule has 7 heteroatoms. The number of carbonyl (C=O) groups is 1. The minimum atomic E-state index is -0.574. The standard InChI is InChI=1S/C14H19BrN2O3S/c1-14(2,3)20-13(19)17-7-8(18)4-11(17)9-5-16-6-10(15)12(9)21/h5-6,8,11,18H,4,7H2,1-3H3,(H,16,21)/t8-,11+/m1/s1. The van der Waals surface area contributed by atoms with Crippen LogP contribution in [0, 0.1) is 4.51 Å². The van der Waals surface area contributed by atoms with Crippen LogP contribution in [0.2, 0.25) is 0 Å². The third-order valence-electron chi connectivity index (χ3n) is 3.19. The summed E-state index contributed by atoms with van der Waals surface area (Å²) in [6.45, 7) is 5.70. The number of amides is 1. The van der Waals surface area contributed by atoms with Crippen molar-refractivity contribution in [2.75, 3.05) is 6.54 Å². The predicted molar refractivity (Wildman–Crippen MR) is 85.6 cm³/mol. The summed E-state index contributed by atoms with van der Waals surface area (Å²) >= 11 is 8.77. The molecule has 0 aliphatic carbocycles. The number of aliphatic hydroxyl groups is 1. The number of aliphatic hydroxyl groups excluding tert-OH is 1. The minimum absolute atomic E-state index is 0.251. The number of nitrogens with zero attached hydrogens (tertiary/aromatic N) is 1. The van der Waals surface area contributed by atoms with Crippen molar-refractivity contribution < 1.29 is 14.6 Å². The van der Waals surface area contributed by atoms with Gasteiger partial charge in [-0.3, -0.25) is 4.90 Å². The molecular formula is C14H19BrN2O3S. The molecule has 1 aromatic rings. The van der Waals surface area contributed by atoms with Gasteiger partial charge in [0.1, 0.15) is 5.60 Å². The summed E-state index contributed by atoms with van der Waals surface area (Å²) < 4.78 is 6.82. The lowest BCUT2D eigenvalue weighted by atomic mass is 10.1. The van der Waals surface area contributed by atoms with Gasteiger partial charge in [0.2, 0.25) is 0 Å². The van der Waals surface area contributed by atoms with Gasteiger partial charge in [-0.25, -0.2) is 4.79 Å². The van der Waals surface area contributed by atoms with Gasteiger partial charge in [-0.1, -0.05) is 12.2 Å². The average Bonchev–Trinajstić information content (AvgIpc) is 2.73. The minimum Gasteiger partial charge on any atom is -0.444 e. The smallest absolute Gasteiger partial charge is 0.410 e. The maximum Gasteiger partial charge on any atom is 0.410 e. The van der Waals surface area contributed by atoms with E-state index in [1.165, 1.54) is 0 Å². The summed E-state index contributed by atoms with van der Waals surface area (Å²) in [7, 11) is 0. The van der Waals surface area contributed by atoms with Gasteiger partial charge in [-0.15, -0.1) is 0 Å². The van der Waals surface area contributed by atoms with Crippen molar-refractivity contribution in [1.29, 1.82) is 0 Å². The molecule has 0 spiro atoms. The van der Waals surface area contributed by atoms with E-state index in [9.17, 15) is 9.90 Å². The Labute approximate surface area is 137 Å². The highest BCUT2D eigenvalue weighted by Crippen LogP contribution is 2.35. The van der Waals surface area contributed by atoms with E-state index in [4.69, 9.17) is 17.0 Å². The predicted octanol–water partition coefficient (Wildman–Crippen LogP) is 3.55. The SMILES string of the molecule is CC(C)(C)OC(=O)N1C[C@H](O)C[C@H]1c1c[nH]cc(Br)c1=S. The van der Waals surface area contributed by atoms with Crippen LogP contribution in [0.3, 0.4) is 0 Å². The van der Waals surface area contributed by atoms with E-state index in [1.807, 2.05) is 20.8 Å². The van der Waals surface area contributed by atoms with E-state index in [0.717, 1.165) is 10.0 Å². The maximum absolute atomic E-state index is 12.3. The third-order valence-corrected chi connectivity index (χ3v) is 4.54. The molecule has 0 bridgehead atoms. The van der Waals surface area contributed by atoms with Gasteiger partial charge in [-0.05, 0) is 43.1 Å². The Morgan fingerprint density at radius 1 is 1.52 bits per heavy atom. The van der Waals surface area contributed by atoms with Crippen molar-refractivity contribution in [2.45, 2.75) is 44.9 Å². The summed E-state index contributed by atoms with van der Waals surface area (Å²) in [5.74, 6) is 0. The van der Waals surface area contributed by atoms with Crippen LogP contribution in [-0.4, -0.2) is 39.3 Å². The zero-order valence-corrected chi connectivity index (χ0v) is 14.6. The molecule has 21 heavy (non-hydrogen) atoms. The molecule has 5 nitrogen and oxygen atoms in total. The lowest BCUT2D eigenvalue weighted by Gasteiger charge is -2.28. The molecule has 1 amide bonds. The number of aromatic nitrogens is 1. The number of H-pyrrole nitrogens is 1. The van der Waals surface area contributed by atoms with Crippen molar-refractivity contribution in [3.05, 3.63) is 26.9 Å². The number of likely N-dealkylation sites (tertiary alicyclic amines) is 1. The Morgan fingerprint density at radius 2 is 2.19 bits per heavy atom. The topological polar surface area (TPSA) is 65.6 Å². The van der Waals surface area contributed by atoms with Crippen molar-refractivity contribution in [1.82, 2.24) is 9.88 Å². The van der Waals surface area contributed by atoms with Gasteiger partial charge in [-0.2, -0.15) is 0 Å².